The van der Waals surface area contributed by atoms with Gasteiger partial charge in [-0.2, -0.15) is 0 Å². The number of carboxylic acid groups (broad SMARTS) is 1. The monoisotopic (exact) mass is 573 g/mol. The van der Waals surface area contributed by atoms with Crippen molar-refractivity contribution in [3.8, 4) is 11.5 Å². The molecule has 212 valence electrons. The lowest BCUT2D eigenvalue weighted by Crippen LogP contribution is -2.26. The third-order valence-electron chi connectivity index (χ3n) is 7.19. The Labute approximate surface area is 240 Å². The Hall–Kier alpha value is -4.57. The number of carboxylic acids is 1. The standard InChI is InChI=1S/C31H31N3O6S/c1-19-5-4-6-27-29(19)22(18-41-27)17-34-23-9-8-21(16-24(23)33(31(34)38)14-12-28(35)36)30(37)32-13-11-20-7-10-25(39-2)26(15-20)40-3/h4-10,15-16,18H,11-14,17H2,1-3H3,(H,32,37)(H,35,36). The van der Waals surface area contributed by atoms with Crippen LogP contribution in [0.1, 0.15) is 33.5 Å². The van der Waals surface area contributed by atoms with Crippen LogP contribution in [0.25, 0.3) is 21.1 Å². The average molecular weight is 574 g/mol. The van der Waals surface area contributed by atoms with Gasteiger partial charge in [-0.1, -0.05) is 18.2 Å². The van der Waals surface area contributed by atoms with E-state index in [0.717, 1.165) is 26.8 Å². The molecule has 2 aromatic heterocycles. The maximum absolute atomic E-state index is 13.6. The summed E-state index contributed by atoms with van der Waals surface area (Å²) in [5.74, 6) is -0.0221. The van der Waals surface area contributed by atoms with Gasteiger partial charge in [-0.15, -0.1) is 11.3 Å². The van der Waals surface area contributed by atoms with Gasteiger partial charge in [0.2, 0.25) is 0 Å². The van der Waals surface area contributed by atoms with Gasteiger partial charge in [-0.25, -0.2) is 4.79 Å². The minimum atomic E-state index is -0.999. The van der Waals surface area contributed by atoms with E-state index < -0.39 is 5.97 Å². The predicted molar refractivity (Wildman–Crippen MR) is 160 cm³/mol. The van der Waals surface area contributed by atoms with Crippen molar-refractivity contribution >= 4 is 44.3 Å². The maximum Gasteiger partial charge on any atom is 0.329 e. The van der Waals surface area contributed by atoms with E-state index >= 15 is 0 Å². The van der Waals surface area contributed by atoms with Gasteiger partial charge in [-0.05, 0) is 71.8 Å². The fourth-order valence-electron chi connectivity index (χ4n) is 5.13. The van der Waals surface area contributed by atoms with Crippen molar-refractivity contribution in [2.24, 2.45) is 0 Å². The van der Waals surface area contributed by atoms with Gasteiger partial charge in [0.15, 0.2) is 11.5 Å². The summed E-state index contributed by atoms with van der Waals surface area (Å²) in [7, 11) is 3.15. The number of imidazole rings is 1. The molecule has 0 fully saturated rings. The zero-order valence-electron chi connectivity index (χ0n) is 23.1. The van der Waals surface area contributed by atoms with Gasteiger partial charge in [0.05, 0.1) is 38.2 Å². The molecule has 0 aliphatic rings. The lowest BCUT2D eigenvalue weighted by molar-refractivity contribution is -0.137. The number of methoxy groups -OCH3 is 2. The van der Waals surface area contributed by atoms with Gasteiger partial charge in [0, 0.05) is 28.7 Å². The molecule has 2 N–H and O–H groups in total. The molecular formula is C31H31N3O6S. The van der Waals surface area contributed by atoms with Crippen molar-refractivity contribution in [2.75, 3.05) is 20.8 Å². The molecule has 0 bridgehead atoms. The molecule has 0 spiro atoms. The molecule has 5 aromatic rings. The Morgan fingerprint density at radius 2 is 1.78 bits per heavy atom. The fourth-order valence-corrected chi connectivity index (χ4v) is 6.16. The highest BCUT2D eigenvalue weighted by atomic mass is 32.1. The number of hydrogen-bond acceptors (Lipinski definition) is 6. The Morgan fingerprint density at radius 1 is 0.976 bits per heavy atom. The van der Waals surface area contributed by atoms with Gasteiger partial charge in [-0.3, -0.25) is 18.7 Å². The summed E-state index contributed by atoms with van der Waals surface area (Å²) in [5.41, 5.74) is 4.40. The number of aliphatic carboxylic acids is 1. The molecule has 0 unspecified atom stereocenters. The molecule has 0 aliphatic carbocycles. The summed E-state index contributed by atoms with van der Waals surface area (Å²) in [6.07, 6.45) is 0.378. The molecule has 10 heteroatoms. The van der Waals surface area contributed by atoms with Crippen molar-refractivity contribution in [1.29, 1.82) is 0 Å². The van der Waals surface area contributed by atoms with E-state index in [2.05, 4.69) is 16.8 Å². The molecule has 5 rings (SSSR count). The number of carbonyl (C=O) groups is 2. The molecule has 9 nitrogen and oxygen atoms in total. The first kappa shape index (κ1) is 28.0. The van der Waals surface area contributed by atoms with Crippen LogP contribution in [-0.4, -0.2) is 46.9 Å². The van der Waals surface area contributed by atoms with Gasteiger partial charge in [0.25, 0.3) is 5.91 Å². The van der Waals surface area contributed by atoms with Crippen molar-refractivity contribution in [3.63, 3.8) is 0 Å². The van der Waals surface area contributed by atoms with Gasteiger partial charge < -0.3 is 19.9 Å². The van der Waals surface area contributed by atoms with E-state index in [1.807, 2.05) is 37.3 Å². The first-order valence-corrected chi connectivity index (χ1v) is 14.1. The molecule has 0 saturated heterocycles. The molecular weight excluding hydrogens is 542 g/mol. The third kappa shape index (κ3) is 5.69. The highest BCUT2D eigenvalue weighted by Gasteiger charge is 2.18. The van der Waals surface area contributed by atoms with Gasteiger partial charge in [0.1, 0.15) is 0 Å². The number of aromatic nitrogens is 2. The second-order valence-electron chi connectivity index (χ2n) is 9.77. The minimum absolute atomic E-state index is 0.00541. The second kappa shape index (κ2) is 11.9. The summed E-state index contributed by atoms with van der Waals surface area (Å²) in [5, 5.41) is 15.4. The molecule has 0 radical (unpaired) electrons. The number of nitrogens with one attached hydrogen (secondary N) is 1. The highest BCUT2D eigenvalue weighted by molar-refractivity contribution is 7.17. The highest BCUT2D eigenvalue weighted by Crippen LogP contribution is 2.30. The number of benzene rings is 3. The van der Waals surface area contributed by atoms with Crippen LogP contribution in [0.5, 0.6) is 11.5 Å². The van der Waals surface area contributed by atoms with Crippen LogP contribution in [-0.2, 0) is 24.3 Å². The number of ether oxygens (including phenoxy) is 2. The summed E-state index contributed by atoms with van der Waals surface area (Å²) in [6, 6.07) is 16.9. The summed E-state index contributed by atoms with van der Waals surface area (Å²) >= 11 is 1.63. The first-order valence-electron chi connectivity index (χ1n) is 13.2. The van der Waals surface area contributed by atoms with Crippen LogP contribution in [0.15, 0.2) is 64.8 Å². The lowest BCUT2D eigenvalue weighted by Gasteiger charge is -2.10. The van der Waals surface area contributed by atoms with Crippen molar-refractivity contribution in [2.45, 2.75) is 32.9 Å². The summed E-state index contributed by atoms with van der Waals surface area (Å²) in [4.78, 5) is 38.0. The van der Waals surface area contributed by atoms with E-state index in [9.17, 15) is 19.5 Å². The largest absolute Gasteiger partial charge is 0.493 e. The van der Waals surface area contributed by atoms with Crippen molar-refractivity contribution < 1.29 is 24.2 Å². The van der Waals surface area contributed by atoms with Crippen LogP contribution in [0.3, 0.4) is 0 Å². The molecule has 0 aliphatic heterocycles. The van der Waals surface area contributed by atoms with Gasteiger partial charge >= 0.3 is 11.7 Å². The number of amides is 1. The quantitative estimate of drug-likeness (QED) is 0.234. The summed E-state index contributed by atoms with van der Waals surface area (Å²) < 4.78 is 14.9. The Balaban J connectivity index is 1.41. The number of aryl methyl sites for hydroxylation is 2. The molecule has 41 heavy (non-hydrogen) atoms. The smallest absolute Gasteiger partial charge is 0.329 e. The van der Waals surface area contributed by atoms with Crippen molar-refractivity contribution in [1.82, 2.24) is 14.5 Å². The molecule has 3 aromatic carbocycles. The second-order valence-corrected chi connectivity index (χ2v) is 10.7. The van der Waals surface area contributed by atoms with Crippen LogP contribution in [0, 0.1) is 6.92 Å². The minimum Gasteiger partial charge on any atom is -0.493 e. The third-order valence-corrected chi connectivity index (χ3v) is 8.19. The molecule has 0 saturated carbocycles. The zero-order valence-corrected chi connectivity index (χ0v) is 23.9. The Kier molecular flexibility index (Phi) is 8.11. The van der Waals surface area contributed by atoms with Crippen LogP contribution in [0.4, 0.5) is 0 Å². The molecule has 0 atom stereocenters. The number of thiophene rings is 1. The van der Waals surface area contributed by atoms with Crippen molar-refractivity contribution in [3.05, 3.63) is 92.7 Å². The zero-order chi connectivity index (χ0) is 29.1. The van der Waals surface area contributed by atoms with E-state index in [1.54, 1.807) is 48.3 Å². The number of nitrogens with zero attached hydrogens (tertiary/aromatic N) is 2. The van der Waals surface area contributed by atoms with E-state index in [1.165, 1.54) is 4.57 Å². The fraction of sp³-hybridized carbons (Fsp3) is 0.258. The molecule has 1 amide bonds. The first-order chi connectivity index (χ1) is 19.8. The Bertz CT molecular complexity index is 1820. The topological polar surface area (TPSA) is 112 Å². The van der Waals surface area contributed by atoms with Crippen LogP contribution >= 0.6 is 11.3 Å². The number of rotatable bonds is 11. The average Bonchev–Trinajstić information content (AvgIpc) is 3.50. The molecule has 2 heterocycles. The number of carbonyl (C=O) groups excluding carboxylic acids is 1. The van der Waals surface area contributed by atoms with E-state index in [4.69, 9.17) is 9.47 Å². The number of hydrogen-bond donors (Lipinski definition) is 2. The lowest BCUT2D eigenvalue weighted by atomic mass is 10.1. The normalized spacial score (nSPS) is 11.2. The van der Waals surface area contributed by atoms with E-state index in [-0.39, 0.29) is 24.6 Å². The predicted octanol–water partition coefficient (Wildman–Crippen LogP) is 4.84. The van der Waals surface area contributed by atoms with Crippen LogP contribution < -0.4 is 20.5 Å². The Morgan fingerprint density at radius 3 is 2.54 bits per heavy atom. The number of fused-ring (bicyclic) bond motifs is 2. The van der Waals surface area contributed by atoms with Crippen LogP contribution in [0.2, 0.25) is 0 Å². The maximum atomic E-state index is 13.6. The summed E-state index contributed by atoms with van der Waals surface area (Å²) in [6.45, 7) is 2.79. The SMILES string of the molecule is COc1ccc(CCNC(=O)c2ccc3c(c2)n(CCC(=O)O)c(=O)n3Cc2csc3cccc(C)c23)cc1OC. The van der Waals surface area contributed by atoms with E-state index in [0.29, 0.717) is 47.6 Å².